The highest BCUT2D eigenvalue weighted by Crippen LogP contribution is 2.21. The van der Waals surface area contributed by atoms with Crippen LogP contribution in [0.1, 0.15) is 26.7 Å². The summed E-state index contributed by atoms with van der Waals surface area (Å²) in [6, 6.07) is -0.164. The lowest BCUT2D eigenvalue weighted by molar-refractivity contribution is -0.134. The summed E-state index contributed by atoms with van der Waals surface area (Å²) >= 11 is 0. The molecule has 1 aliphatic rings. The Bertz CT molecular complexity index is 275. The molecule has 0 aliphatic carbocycles. The van der Waals surface area contributed by atoms with Gasteiger partial charge >= 0.3 is 0 Å². The number of piperidine rings is 1. The quantitative estimate of drug-likeness (QED) is 0.774. The van der Waals surface area contributed by atoms with Crippen molar-refractivity contribution in [3.63, 3.8) is 0 Å². The number of hydrogen-bond acceptors (Lipinski definition) is 3. The number of aliphatic hydroxyl groups is 1. The van der Waals surface area contributed by atoms with E-state index in [1.54, 1.807) is 18.7 Å². The standard InChI is InChI=1S/C12H22F2N2O2/c1-3-12(18)16-6-9(8(2)17)4-10(7-16)15-5-11(13)14/h8-11,15,17H,3-7H2,1-2H3. The van der Waals surface area contributed by atoms with Gasteiger partial charge in [-0.05, 0) is 13.3 Å². The van der Waals surface area contributed by atoms with E-state index in [4.69, 9.17) is 0 Å². The number of alkyl halides is 2. The summed E-state index contributed by atoms with van der Waals surface area (Å²) in [5, 5.41) is 12.4. The second-order valence-electron chi connectivity index (χ2n) is 4.88. The minimum Gasteiger partial charge on any atom is -0.393 e. The van der Waals surface area contributed by atoms with Crippen molar-refractivity contribution in [3.8, 4) is 0 Å². The third-order valence-corrected chi connectivity index (χ3v) is 3.38. The summed E-state index contributed by atoms with van der Waals surface area (Å²) in [5.41, 5.74) is 0. The van der Waals surface area contributed by atoms with E-state index in [1.807, 2.05) is 0 Å². The Morgan fingerprint density at radius 1 is 1.50 bits per heavy atom. The summed E-state index contributed by atoms with van der Waals surface area (Å²) in [6.07, 6.45) is -1.91. The predicted molar refractivity (Wildman–Crippen MR) is 64.5 cm³/mol. The number of aliphatic hydroxyl groups excluding tert-OH is 1. The van der Waals surface area contributed by atoms with Crippen LogP contribution in [0.4, 0.5) is 8.78 Å². The van der Waals surface area contributed by atoms with E-state index in [-0.39, 0.29) is 24.4 Å². The molecule has 1 amide bonds. The molecule has 1 rings (SSSR count). The van der Waals surface area contributed by atoms with Gasteiger partial charge in [0.1, 0.15) is 0 Å². The maximum absolute atomic E-state index is 12.2. The van der Waals surface area contributed by atoms with Crippen LogP contribution in [-0.4, -0.2) is 54.1 Å². The number of nitrogens with one attached hydrogen (secondary N) is 1. The first-order valence-corrected chi connectivity index (χ1v) is 6.41. The number of nitrogens with zero attached hydrogens (tertiary/aromatic N) is 1. The molecule has 4 nitrogen and oxygen atoms in total. The minimum absolute atomic E-state index is 0.00389. The van der Waals surface area contributed by atoms with E-state index in [0.29, 0.717) is 25.9 Å². The van der Waals surface area contributed by atoms with Crippen LogP contribution < -0.4 is 5.32 Å². The third kappa shape index (κ3) is 4.49. The number of hydrogen-bond donors (Lipinski definition) is 2. The molecular formula is C12H22F2N2O2. The average Bonchev–Trinajstić information content (AvgIpc) is 2.34. The number of likely N-dealkylation sites (tertiary alicyclic amines) is 1. The molecule has 0 aromatic rings. The van der Waals surface area contributed by atoms with Crippen molar-refractivity contribution in [2.45, 2.75) is 45.3 Å². The molecular weight excluding hydrogens is 242 g/mol. The molecule has 18 heavy (non-hydrogen) atoms. The summed E-state index contributed by atoms with van der Waals surface area (Å²) in [4.78, 5) is 13.3. The first kappa shape index (κ1) is 15.3. The molecule has 0 saturated carbocycles. The molecule has 0 radical (unpaired) electrons. The zero-order valence-electron chi connectivity index (χ0n) is 10.9. The Hall–Kier alpha value is -0.750. The highest BCUT2D eigenvalue weighted by atomic mass is 19.3. The average molecular weight is 264 g/mol. The van der Waals surface area contributed by atoms with Crippen LogP contribution in [0.25, 0.3) is 0 Å². The fraction of sp³-hybridized carbons (Fsp3) is 0.917. The Labute approximate surface area is 106 Å². The maximum Gasteiger partial charge on any atom is 0.250 e. The lowest BCUT2D eigenvalue weighted by atomic mass is 9.90. The van der Waals surface area contributed by atoms with Crippen LogP contribution in [0.3, 0.4) is 0 Å². The summed E-state index contributed by atoms with van der Waals surface area (Å²) in [6.45, 7) is 4.04. The smallest absolute Gasteiger partial charge is 0.250 e. The molecule has 1 heterocycles. The van der Waals surface area contributed by atoms with Crippen LogP contribution in [0.5, 0.6) is 0 Å². The predicted octanol–water partition coefficient (Wildman–Crippen LogP) is 0.849. The van der Waals surface area contributed by atoms with Gasteiger partial charge in [-0.1, -0.05) is 6.92 Å². The first-order chi connectivity index (χ1) is 8.43. The van der Waals surface area contributed by atoms with Gasteiger partial charge in [0, 0.05) is 31.5 Å². The third-order valence-electron chi connectivity index (χ3n) is 3.38. The van der Waals surface area contributed by atoms with E-state index in [9.17, 15) is 18.7 Å². The van der Waals surface area contributed by atoms with Crippen molar-refractivity contribution in [2.75, 3.05) is 19.6 Å². The molecule has 0 aromatic heterocycles. The van der Waals surface area contributed by atoms with E-state index in [0.717, 1.165) is 0 Å². The summed E-state index contributed by atoms with van der Waals surface area (Å²) in [5.74, 6) is -0.0476. The summed E-state index contributed by atoms with van der Waals surface area (Å²) < 4.78 is 24.3. The van der Waals surface area contributed by atoms with Gasteiger partial charge in [0.05, 0.1) is 12.6 Å². The maximum atomic E-state index is 12.2. The molecule has 1 aliphatic heterocycles. The number of carbonyl (C=O) groups excluding carboxylic acids is 1. The fourth-order valence-electron chi connectivity index (χ4n) is 2.32. The van der Waals surface area contributed by atoms with Crippen LogP contribution in [0.15, 0.2) is 0 Å². The van der Waals surface area contributed by atoms with Gasteiger partial charge in [-0.3, -0.25) is 4.79 Å². The van der Waals surface area contributed by atoms with Gasteiger partial charge in [-0.2, -0.15) is 0 Å². The van der Waals surface area contributed by atoms with Crippen LogP contribution in [-0.2, 0) is 4.79 Å². The number of halogens is 2. The molecule has 1 saturated heterocycles. The Morgan fingerprint density at radius 3 is 2.67 bits per heavy atom. The zero-order valence-corrected chi connectivity index (χ0v) is 10.9. The second-order valence-corrected chi connectivity index (χ2v) is 4.88. The normalized spacial score (nSPS) is 26.4. The zero-order chi connectivity index (χ0) is 13.7. The molecule has 3 atom stereocenters. The number of rotatable bonds is 5. The number of amides is 1. The van der Waals surface area contributed by atoms with Crippen LogP contribution >= 0.6 is 0 Å². The lowest BCUT2D eigenvalue weighted by Gasteiger charge is -2.39. The van der Waals surface area contributed by atoms with Crippen molar-refractivity contribution in [1.82, 2.24) is 10.2 Å². The van der Waals surface area contributed by atoms with Crippen molar-refractivity contribution in [1.29, 1.82) is 0 Å². The van der Waals surface area contributed by atoms with E-state index >= 15 is 0 Å². The lowest BCUT2D eigenvalue weighted by Crippen LogP contribution is -2.53. The highest BCUT2D eigenvalue weighted by molar-refractivity contribution is 5.76. The number of carbonyl (C=O) groups is 1. The molecule has 0 spiro atoms. The second kappa shape index (κ2) is 6.99. The van der Waals surface area contributed by atoms with Crippen molar-refractivity contribution in [3.05, 3.63) is 0 Å². The van der Waals surface area contributed by atoms with Gasteiger partial charge in [-0.15, -0.1) is 0 Å². The topological polar surface area (TPSA) is 52.6 Å². The van der Waals surface area contributed by atoms with Gasteiger partial charge < -0.3 is 15.3 Å². The fourth-order valence-corrected chi connectivity index (χ4v) is 2.32. The van der Waals surface area contributed by atoms with Gasteiger partial charge in [0.25, 0.3) is 6.43 Å². The molecule has 0 bridgehead atoms. The van der Waals surface area contributed by atoms with Gasteiger partial charge in [0.2, 0.25) is 5.91 Å². The molecule has 0 aromatic carbocycles. The Morgan fingerprint density at radius 2 is 2.17 bits per heavy atom. The molecule has 6 heteroatoms. The van der Waals surface area contributed by atoms with Crippen LogP contribution in [0.2, 0.25) is 0 Å². The molecule has 3 unspecified atom stereocenters. The first-order valence-electron chi connectivity index (χ1n) is 6.41. The molecule has 1 fully saturated rings. The van der Waals surface area contributed by atoms with Crippen molar-refractivity contribution < 1.29 is 18.7 Å². The van der Waals surface area contributed by atoms with E-state index < -0.39 is 12.5 Å². The van der Waals surface area contributed by atoms with Crippen molar-refractivity contribution >= 4 is 5.91 Å². The van der Waals surface area contributed by atoms with Gasteiger partial charge in [0.15, 0.2) is 0 Å². The molecule has 106 valence electrons. The highest BCUT2D eigenvalue weighted by Gasteiger charge is 2.31. The van der Waals surface area contributed by atoms with E-state index in [2.05, 4.69) is 5.32 Å². The Balaban J connectivity index is 2.59. The van der Waals surface area contributed by atoms with Gasteiger partial charge in [-0.25, -0.2) is 8.78 Å². The monoisotopic (exact) mass is 264 g/mol. The minimum atomic E-state index is -2.40. The van der Waals surface area contributed by atoms with E-state index in [1.165, 1.54) is 0 Å². The van der Waals surface area contributed by atoms with Crippen LogP contribution in [0, 0.1) is 5.92 Å². The SMILES string of the molecule is CCC(=O)N1CC(NCC(F)F)CC(C(C)O)C1. The summed E-state index contributed by atoms with van der Waals surface area (Å²) in [7, 11) is 0. The largest absolute Gasteiger partial charge is 0.393 e. The molecule has 2 N–H and O–H groups in total. The van der Waals surface area contributed by atoms with Crippen molar-refractivity contribution in [2.24, 2.45) is 5.92 Å². The Kier molecular flexibility index (Phi) is 5.95.